The lowest BCUT2D eigenvalue weighted by Gasteiger charge is -2.27. The predicted molar refractivity (Wildman–Crippen MR) is 102 cm³/mol. The van der Waals surface area contributed by atoms with Crippen molar-refractivity contribution >= 4 is 23.5 Å². The van der Waals surface area contributed by atoms with Crippen LogP contribution in [0.15, 0.2) is 24.3 Å². The summed E-state index contributed by atoms with van der Waals surface area (Å²) in [6.45, 7) is 4.06. The molecule has 1 aromatic rings. The zero-order valence-corrected chi connectivity index (χ0v) is 16.7. The Bertz CT molecular complexity index is 592. The summed E-state index contributed by atoms with van der Waals surface area (Å²) in [4.78, 5) is 25.7. The molecule has 0 spiro atoms. The lowest BCUT2D eigenvalue weighted by atomic mass is 10.1. The van der Waals surface area contributed by atoms with Crippen molar-refractivity contribution in [1.82, 2.24) is 4.90 Å². The van der Waals surface area contributed by atoms with Crippen LogP contribution in [0.4, 0.5) is 0 Å². The minimum atomic E-state index is -1.95. The van der Waals surface area contributed by atoms with E-state index >= 15 is 0 Å². The summed E-state index contributed by atoms with van der Waals surface area (Å²) in [6, 6.07) is 7.05. The fraction of sp³-hybridized carbons (Fsp3) is 0.579. The van der Waals surface area contributed by atoms with Crippen LogP contribution in [0.2, 0.25) is 0 Å². The maximum absolute atomic E-state index is 12.6. The number of halogens is 1. The summed E-state index contributed by atoms with van der Waals surface area (Å²) in [5, 5.41) is 19.7. The normalized spacial score (nSPS) is 14.1. The molecule has 0 bridgehead atoms. The summed E-state index contributed by atoms with van der Waals surface area (Å²) < 4.78 is 9.96. The molecule has 3 atom stereocenters. The van der Waals surface area contributed by atoms with Gasteiger partial charge in [-0.15, -0.1) is 11.6 Å². The molecule has 1 aromatic carbocycles. The average molecular weight is 402 g/mol. The average Bonchev–Trinajstić information content (AvgIpc) is 2.66. The van der Waals surface area contributed by atoms with Crippen molar-refractivity contribution in [1.29, 1.82) is 0 Å². The molecule has 0 aliphatic heterocycles. The van der Waals surface area contributed by atoms with Gasteiger partial charge in [-0.05, 0) is 31.0 Å². The number of benzene rings is 1. The number of carbonyl (C=O) groups is 2. The number of esters is 1. The Balaban J connectivity index is 2.81. The second kappa shape index (κ2) is 11.8. The summed E-state index contributed by atoms with van der Waals surface area (Å²) in [5.41, 5.74) is 0.786. The van der Waals surface area contributed by atoms with Gasteiger partial charge < -0.3 is 24.6 Å². The third kappa shape index (κ3) is 7.74. The third-order valence-corrected chi connectivity index (χ3v) is 3.99. The van der Waals surface area contributed by atoms with Gasteiger partial charge in [-0.25, -0.2) is 4.79 Å². The first kappa shape index (κ1) is 23.2. The molecule has 0 saturated carbocycles. The van der Waals surface area contributed by atoms with Crippen LogP contribution in [0.5, 0.6) is 5.75 Å². The Hall–Kier alpha value is -1.83. The number of carbonyl (C=O) groups excluding carboxylic acids is 2. The van der Waals surface area contributed by atoms with Crippen molar-refractivity contribution in [2.45, 2.75) is 50.8 Å². The fourth-order valence-corrected chi connectivity index (χ4v) is 2.51. The van der Waals surface area contributed by atoms with Crippen LogP contribution in [0.3, 0.4) is 0 Å². The maximum atomic E-state index is 12.6. The number of aliphatic hydroxyl groups is 2. The maximum Gasteiger partial charge on any atom is 0.338 e. The molecule has 3 unspecified atom stereocenters. The van der Waals surface area contributed by atoms with Crippen molar-refractivity contribution in [3.63, 3.8) is 0 Å². The van der Waals surface area contributed by atoms with Crippen LogP contribution >= 0.6 is 11.6 Å². The molecule has 152 valence electrons. The molecule has 0 fully saturated rings. The molecule has 1 amide bonds. The van der Waals surface area contributed by atoms with Crippen molar-refractivity contribution in [2.75, 3.05) is 20.3 Å². The van der Waals surface area contributed by atoms with Gasteiger partial charge in [0.15, 0.2) is 12.2 Å². The van der Waals surface area contributed by atoms with Crippen molar-refractivity contribution < 1.29 is 29.3 Å². The first-order valence-electron chi connectivity index (χ1n) is 8.88. The topological polar surface area (TPSA) is 96.3 Å². The van der Waals surface area contributed by atoms with Crippen LogP contribution in [0.25, 0.3) is 0 Å². The van der Waals surface area contributed by atoms with Crippen LogP contribution in [0.1, 0.15) is 32.3 Å². The summed E-state index contributed by atoms with van der Waals surface area (Å²) in [6.07, 6.45) is -2.42. The molecule has 0 aromatic heterocycles. The predicted octanol–water partition coefficient (Wildman–Crippen LogP) is 1.72. The molecule has 0 saturated heterocycles. The quantitative estimate of drug-likeness (QED) is 0.333. The Morgan fingerprint density at radius 1 is 1.19 bits per heavy atom. The number of alkyl halides is 1. The second-order valence-corrected chi connectivity index (χ2v) is 7.00. The highest BCUT2D eigenvalue weighted by atomic mass is 35.5. The van der Waals surface area contributed by atoms with Crippen LogP contribution in [-0.2, 0) is 20.9 Å². The van der Waals surface area contributed by atoms with E-state index in [9.17, 15) is 19.8 Å². The van der Waals surface area contributed by atoms with Gasteiger partial charge in [0.2, 0.25) is 0 Å². The van der Waals surface area contributed by atoms with E-state index in [1.54, 1.807) is 38.3 Å². The van der Waals surface area contributed by atoms with Gasteiger partial charge in [0.1, 0.15) is 5.75 Å². The van der Waals surface area contributed by atoms with Crippen LogP contribution in [-0.4, -0.2) is 64.8 Å². The first-order chi connectivity index (χ1) is 12.8. The summed E-state index contributed by atoms with van der Waals surface area (Å²) >= 11 is 6.01. The Labute approximate surface area is 164 Å². The summed E-state index contributed by atoms with van der Waals surface area (Å²) in [5.74, 6) is -1.14. The molecule has 0 aliphatic rings. The fourth-order valence-electron chi connectivity index (χ4n) is 2.34. The van der Waals surface area contributed by atoms with Crippen molar-refractivity contribution in [2.24, 2.45) is 0 Å². The number of aliphatic hydroxyl groups excluding tert-OH is 2. The number of unbranched alkanes of at least 4 members (excludes halogenated alkanes) is 1. The SMILES string of the molecule is CCCCOC(=O)C(O)C(O)C(=O)N(Cc1ccc(OC)cc1)CC(C)Cl. The highest BCUT2D eigenvalue weighted by Gasteiger charge is 2.34. The lowest BCUT2D eigenvalue weighted by Crippen LogP contribution is -2.49. The molecule has 7 nitrogen and oxygen atoms in total. The molecule has 1 rings (SSSR count). The molecule has 2 N–H and O–H groups in total. The second-order valence-electron chi connectivity index (χ2n) is 6.26. The Kier molecular flexibility index (Phi) is 10.1. The highest BCUT2D eigenvalue weighted by Crippen LogP contribution is 2.15. The van der Waals surface area contributed by atoms with Crippen molar-refractivity contribution in [3.8, 4) is 5.75 Å². The minimum absolute atomic E-state index is 0.127. The van der Waals surface area contributed by atoms with Gasteiger partial charge in [-0.3, -0.25) is 4.79 Å². The van der Waals surface area contributed by atoms with Crippen LogP contribution < -0.4 is 4.74 Å². The van der Waals surface area contributed by atoms with Crippen molar-refractivity contribution in [3.05, 3.63) is 29.8 Å². The molecule has 0 heterocycles. The number of amides is 1. The number of hydrogen-bond donors (Lipinski definition) is 2. The van der Waals surface area contributed by atoms with E-state index < -0.39 is 24.1 Å². The molecule has 0 aliphatic carbocycles. The van der Waals surface area contributed by atoms with Gasteiger partial charge in [0, 0.05) is 18.5 Å². The number of nitrogens with zero attached hydrogens (tertiary/aromatic N) is 1. The van der Waals surface area contributed by atoms with E-state index in [4.69, 9.17) is 21.1 Å². The molecule has 0 radical (unpaired) electrons. The number of ether oxygens (including phenoxy) is 2. The third-order valence-electron chi connectivity index (χ3n) is 3.85. The van der Waals surface area contributed by atoms with E-state index in [1.165, 1.54) is 4.90 Å². The molecule has 8 heteroatoms. The highest BCUT2D eigenvalue weighted by molar-refractivity contribution is 6.20. The number of rotatable bonds is 11. The largest absolute Gasteiger partial charge is 0.497 e. The number of methoxy groups -OCH3 is 1. The first-order valence-corrected chi connectivity index (χ1v) is 9.32. The van der Waals surface area contributed by atoms with E-state index in [0.29, 0.717) is 12.2 Å². The van der Waals surface area contributed by atoms with E-state index in [2.05, 4.69) is 0 Å². The van der Waals surface area contributed by atoms with E-state index in [1.807, 2.05) is 6.92 Å². The smallest absolute Gasteiger partial charge is 0.338 e. The molecule has 27 heavy (non-hydrogen) atoms. The standard InChI is InChI=1S/C19H28ClNO6/c1-4-5-10-27-19(25)17(23)16(22)18(24)21(11-13(2)20)12-14-6-8-15(26-3)9-7-14/h6-9,13,16-17,22-23H,4-5,10-12H2,1-3H3. The van der Waals surface area contributed by atoms with Crippen LogP contribution in [0, 0.1) is 0 Å². The monoisotopic (exact) mass is 401 g/mol. The van der Waals surface area contributed by atoms with Gasteiger partial charge in [-0.2, -0.15) is 0 Å². The Morgan fingerprint density at radius 2 is 1.81 bits per heavy atom. The van der Waals surface area contributed by atoms with Gasteiger partial charge in [0.05, 0.1) is 13.7 Å². The number of hydrogen-bond acceptors (Lipinski definition) is 6. The van der Waals surface area contributed by atoms with Gasteiger partial charge in [0.25, 0.3) is 5.91 Å². The lowest BCUT2D eigenvalue weighted by molar-refractivity contribution is -0.167. The molecular weight excluding hydrogens is 374 g/mol. The minimum Gasteiger partial charge on any atom is -0.497 e. The Morgan fingerprint density at radius 3 is 2.33 bits per heavy atom. The van der Waals surface area contributed by atoms with E-state index in [0.717, 1.165) is 12.0 Å². The zero-order chi connectivity index (χ0) is 20.4. The zero-order valence-electron chi connectivity index (χ0n) is 15.9. The van der Waals surface area contributed by atoms with Gasteiger partial charge >= 0.3 is 5.97 Å². The van der Waals surface area contributed by atoms with Gasteiger partial charge in [-0.1, -0.05) is 25.5 Å². The molecular formula is C19H28ClNO6. The summed E-state index contributed by atoms with van der Waals surface area (Å²) in [7, 11) is 1.55. The van der Waals surface area contributed by atoms with E-state index in [-0.39, 0.29) is 25.1 Å².